The van der Waals surface area contributed by atoms with E-state index < -0.39 is 0 Å². The lowest BCUT2D eigenvalue weighted by atomic mass is 10.1. The van der Waals surface area contributed by atoms with Crippen LogP contribution in [-0.2, 0) is 0 Å². The fourth-order valence-corrected chi connectivity index (χ4v) is 2.44. The molecule has 74 valence electrons. The molecule has 2 rings (SSSR count). The Morgan fingerprint density at radius 1 is 1.43 bits per heavy atom. The zero-order valence-electron chi connectivity index (χ0n) is 8.02. The summed E-state index contributed by atoms with van der Waals surface area (Å²) in [5.41, 5.74) is 2.71. The van der Waals surface area contributed by atoms with E-state index >= 15 is 0 Å². The third kappa shape index (κ3) is 1.94. The third-order valence-electron chi connectivity index (χ3n) is 2.61. The number of piperidine rings is 1. The molecule has 1 fully saturated rings. The zero-order chi connectivity index (χ0) is 9.80. The Morgan fingerprint density at radius 2 is 2.21 bits per heavy atom. The van der Waals surface area contributed by atoms with Gasteiger partial charge in [-0.1, -0.05) is 6.42 Å². The average molecular weight is 207 g/mol. The highest BCUT2D eigenvalue weighted by Gasteiger charge is 2.22. The highest BCUT2D eigenvalue weighted by atomic mass is 32.1. The van der Waals surface area contributed by atoms with Crippen LogP contribution in [0.5, 0.6) is 0 Å². The van der Waals surface area contributed by atoms with Gasteiger partial charge < -0.3 is 0 Å². The lowest BCUT2D eigenvalue weighted by Crippen LogP contribution is -2.33. The maximum Gasteiger partial charge on any atom is 0.141 e. The Kier molecular flexibility index (Phi) is 3.12. The summed E-state index contributed by atoms with van der Waals surface area (Å²) in [5.74, 6) is 0. The molecule has 0 amide bonds. The van der Waals surface area contributed by atoms with Gasteiger partial charge in [0, 0.05) is 5.38 Å². The Morgan fingerprint density at radius 3 is 2.79 bits per heavy atom. The Bertz CT molecular complexity index is 309. The van der Waals surface area contributed by atoms with Crippen molar-refractivity contribution in [3.63, 3.8) is 0 Å². The summed E-state index contributed by atoms with van der Waals surface area (Å²) in [5, 5.41) is 11.1. The lowest BCUT2D eigenvalue weighted by Gasteiger charge is -2.29. The first-order valence-corrected chi connectivity index (χ1v) is 5.88. The first kappa shape index (κ1) is 9.63. The quantitative estimate of drug-likeness (QED) is 0.746. The number of likely N-dealkylation sites (tertiary alicyclic amines) is 1. The van der Waals surface area contributed by atoms with Crippen molar-refractivity contribution in [1.82, 2.24) is 9.88 Å². The van der Waals surface area contributed by atoms with Crippen molar-refractivity contribution in [3.8, 4) is 6.07 Å². The van der Waals surface area contributed by atoms with Crippen molar-refractivity contribution in [3.05, 3.63) is 16.6 Å². The van der Waals surface area contributed by atoms with E-state index in [9.17, 15) is 0 Å². The molecule has 0 aromatic carbocycles. The predicted octanol–water partition coefficient (Wildman–Crippen LogP) is 2.19. The summed E-state index contributed by atoms with van der Waals surface area (Å²) >= 11 is 1.56. The van der Waals surface area contributed by atoms with Gasteiger partial charge in [0.15, 0.2) is 0 Å². The number of nitrogens with zero attached hydrogens (tertiary/aromatic N) is 3. The van der Waals surface area contributed by atoms with Crippen LogP contribution in [0.25, 0.3) is 0 Å². The van der Waals surface area contributed by atoms with Crippen LogP contribution in [0.1, 0.15) is 31.0 Å². The van der Waals surface area contributed by atoms with Gasteiger partial charge in [0.05, 0.1) is 17.3 Å². The van der Waals surface area contributed by atoms with Crippen molar-refractivity contribution >= 4 is 11.3 Å². The van der Waals surface area contributed by atoms with Crippen LogP contribution in [0, 0.1) is 11.3 Å². The largest absolute Gasteiger partial charge is 0.283 e. The molecule has 0 saturated carbocycles. The highest BCUT2D eigenvalue weighted by Crippen LogP contribution is 2.23. The minimum Gasteiger partial charge on any atom is -0.283 e. The van der Waals surface area contributed by atoms with Crippen molar-refractivity contribution < 1.29 is 0 Å². The number of aromatic nitrogens is 1. The molecule has 0 bridgehead atoms. The van der Waals surface area contributed by atoms with Gasteiger partial charge in [-0.3, -0.25) is 4.90 Å². The van der Waals surface area contributed by atoms with Gasteiger partial charge >= 0.3 is 0 Å². The molecule has 1 aromatic heterocycles. The van der Waals surface area contributed by atoms with Crippen molar-refractivity contribution in [2.75, 3.05) is 13.1 Å². The van der Waals surface area contributed by atoms with E-state index in [2.05, 4.69) is 16.0 Å². The van der Waals surface area contributed by atoms with Crippen LogP contribution in [-0.4, -0.2) is 23.0 Å². The summed E-state index contributed by atoms with van der Waals surface area (Å²) in [7, 11) is 0. The van der Waals surface area contributed by atoms with Crippen LogP contribution in [0.4, 0.5) is 0 Å². The highest BCUT2D eigenvalue weighted by molar-refractivity contribution is 7.07. The molecule has 14 heavy (non-hydrogen) atoms. The first-order valence-electron chi connectivity index (χ1n) is 4.93. The second-order valence-corrected chi connectivity index (χ2v) is 4.26. The topological polar surface area (TPSA) is 39.9 Å². The second kappa shape index (κ2) is 4.54. The van der Waals surface area contributed by atoms with Crippen molar-refractivity contribution in [2.24, 2.45) is 0 Å². The van der Waals surface area contributed by atoms with Crippen LogP contribution in [0.15, 0.2) is 10.9 Å². The predicted molar refractivity (Wildman–Crippen MR) is 55.9 cm³/mol. The fraction of sp³-hybridized carbons (Fsp3) is 0.600. The molecule has 2 heterocycles. The smallest absolute Gasteiger partial charge is 0.141 e. The normalized spacial score (nSPS) is 20.2. The summed E-state index contributed by atoms with van der Waals surface area (Å²) in [4.78, 5) is 6.45. The van der Waals surface area contributed by atoms with Gasteiger partial charge in [-0.25, -0.2) is 4.98 Å². The van der Waals surface area contributed by atoms with Gasteiger partial charge in [-0.15, -0.1) is 11.3 Å². The molecule has 3 nitrogen and oxygen atoms in total. The molecule has 1 aromatic rings. The molecular weight excluding hydrogens is 194 g/mol. The average Bonchev–Trinajstić information content (AvgIpc) is 2.74. The first-order chi connectivity index (χ1) is 6.92. The van der Waals surface area contributed by atoms with E-state index in [-0.39, 0.29) is 6.04 Å². The Balaban J connectivity index is 2.09. The third-order valence-corrected chi connectivity index (χ3v) is 3.21. The molecule has 1 atom stereocenters. The van der Waals surface area contributed by atoms with E-state index in [4.69, 9.17) is 5.26 Å². The van der Waals surface area contributed by atoms with Crippen LogP contribution < -0.4 is 0 Å². The van der Waals surface area contributed by atoms with E-state index in [0.717, 1.165) is 18.8 Å². The Hall–Kier alpha value is -0.920. The molecular formula is C10H13N3S. The van der Waals surface area contributed by atoms with Gasteiger partial charge in [-0.05, 0) is 25.9 Å². The summed E-state index contributed by atoms with van der Waals surface area (Å²) in [6.45, 7) is 2.07. The molecule has 0 radical (unpaired) electrons. The fourth-order valence-electron chi connectivity index (χ4n) is 1.87. The molecule has 0 spiro atoms. The maximum atomic E-state index is 9.12. The molecule has 4 heteroatoms. The minimum absolute atomic E-state index is 0.124. The van der Waals surface area contributed by atoms with E-state index in [0.29, 0.717) is 0 Å². The maximum absolute atomic E-state index is 9.12. The number of rotatable bonds is 2. The molecule has 0 N–H and O–H groups in total. The molecule has 0 aliphatic carbocycles. The standard InChI is InChI=1S/C10H13N3S/c11-6-10(9-7-14-8-12-9)13-4-2-1-3-5-13/h7-8,10H,1-5H2. The monoisotopic (exact) mass is 207 g/mol. The molecule has 1 unspecified atom stereocenters. The van der Waals surface area contributed by atoms with Crippen LogP contribution in [0.3, 0.4) is 0 Å². The number of hydrogen-bond donors (Lipinski definition) is 0. The van der Waals surface area contributed by atoms with Crippen molar-refractivity contribution in [1.29, 1.82) is 5.26 Å². The minimum atomic E-state index is -0.124. The van der Waals surface area contributed by atoms with Gasteiger partial charge in [0.2, 0.25) is 0 Å². The zero-order valence-corrected chi connectivity index (χ0v) is 8.83. The van der Waals surface area contributed by atoms with Gasteiger partial charge in [0.1, 0.15) is 6.04 Å². The van der Waals surface area contributed by atoms with Gasteiger partial charge in [0.25, 0.3) is 0 Å². The summed E-state index contributed by atoms with van der Waals surface area (Å²) < 4.78 is 0. The van der Waals surface area contributed by atoms with Crippen LogP contribution in [0.2, 0.25) is 0 Å². The lowest BCUT2D eigenvalue weighted by molar-refractivity contribution is 0.194. The summed E-state index contributed by atoms with van der Waals surface area (Å²) in [6.07, 6.45) is 3.72. The second-order valence-electron chi connectivity index (χ2n) is 3.54. The molecule has 1 saturated heterocycles. The van der Waals surface area contributed by atoms with E-state index in [1.54, 1.807) is 16.8 Å². The Labute approximate surface area is 88.0 Å². The van der Waals surface area contributed by atoms with Crippen molar-refractivity contribution in [2.45, 2.75) is 25.3 Å². The van der Waals surface area contributed by atoms with Gasteiger partial charge in [-0.2, -0.15) is 5.26 Å². The number of thiazole rings is 1. The summed E-state index contributed by atoms with van der Waals surface area (Å²) in [6, 6.07) is 2.22. The van der Waals surface area contributed by atoms with E-state index in [1.807, 2.05) is 5.38 Å². The van der Waals surface area contributed by atoms with Crippen LogP contribution >= 0.6 is 11.3 Å². The SMILES string of the molecule is N#CC(c1cscn1)N1CCCCC1. The number of nitriles is 1. The van der Waals surface area contributed by atoms with E-state index in [1.165, 1.54) is 19.3 Å². The molecule has 1 aliphatic rings. The number of hydrogen-bond acceptors (Lipinski definition) is 4. The molecule has 1 aliphatic heterocycles.